The lowest BCUT2D eigenvalue weighted by atomic mass is 10.1. The first-order chi connectivity index (χ1) is 13.8. The molecule has 6 nitrogen and oxygen atoms in total. The largest absolute Gasteiger partial charge is 0.439 e. The number of guanidine groups is 1. The van der Waals surface area contributed by atoms with Crippen LogP contribution < -0.4 is 10.6 Å². The molecule has 0 spiro atoms. The van der Waals surface area contributed by atoms with E-state index in [0.29, 0.717) is 29.2 Å². The maximum Gasteiger partial charge on any atom is 0.434 e. The third-order valence-corrected chi connectivity index (χ3v) is 4.70. The van der Waals surface area contributed by atoms with Crippen molar-refractivity contribution in [2.45, 2.75) is 33.1 Å². The molecule has 1 aromatic carbocycles. The number of rotatable bonds is 6. The lowest BCUT2D eigenvalue weighted by Gasteiger charge is -2.09. The quantitative estimate of drug-likeness (QED) is 0.455. The number of hydrogen-bond acceptors (Lipinski definition) is 5. The molecule has 29 heavy (non-hydrogen) atoms. The normalized spacial score (nSPS) is 12.2. The molecule has 0 aliphatic heterocycles. The lowest BCUT2D eigenvalue weighted by molar-refractivity contribution is -0.140. The standard InChI is InChI=1S/C19H20F3N5OS/c1-3-23-18(26-10-17-27-15(11-29-17)19(20,21)22)25-9-16-24-8-14(28-16)13-6-4-12(2)5-7-13/h4-8,11H,3,9-10H2,1-2H3,(H2,23,25,26). The molecule has 0 atom stereocenters. The van der Waals surface area contributed by atoms with Crippen LogP contribution in [-0.2, 0) is 19.3 Å². The van der Waals surface area contributed by atoms with Gasteiger partial charge in [-0.2, -0.15) is 13.2 Å². The van der Waals surface area contributed by atoms with Gasteiger partial charge in [-0.1, -0.05) is 29.8 Å². The van der Waals surface area contributed by atoms with Crippen LogP contribution in [0.5, 0.6) is 0 Å². The summed E-state index contributed by atoms with van der Waals surface area (Å²) in [6.45, 7) is 4.82. The van der Waals surface area contributed by atoms with E-state index in [0.717, 1.165) is 27.8 Å². The van der Waals surface area contributed by atoms with Gasteiger partial charge < -0.3 is 15.1 Å². The summed E-state index contributed by atoms with van der Waals surface area (Å²) in [4.78, 5) is 12.2. The SMILES string of the molecule is CCNC(=NCc1ncc(-c2ccc(C)cc2)o1)NCc1nc(C(F)(F)F)cs1. The molecule has 10 heteroatoms. The summed E-state index contributed by atoms with van der Waals surface area (Å²) in [6, 6.07) is 7.90. The third-order valence-electron chi connectivity index (χ3n) is 3.86. The fourth-order valence-corrected chi connectivity index (χ4v) is 3.15. The number of nitrogens with zero attached hydrogens (tertiary/aromatic N) is 3. The van der Waals surface area contributed by atoms with Gasteiger partial charge in [0.25, 0.3) is 0 Å². The fourth-order valence-electron chi connectivity index (χ4n) is 2.40. The van der Waals surface area contributed by atoms with Crippen molar-refractivity contribution in [2.75, 3.05) is 6.54 Å². The first-order valence-electron chi connectivity index (χ1n) is 8.90. The molecule has 2 heterocycles. The molecule has 0 fully saturated rings. The van der Waals surface area contributed by atoms with Crippen molar-refractivity contribution in [2.24, 2.45) is 4.99 Å². The first kappa shape index (κ1) is 20.8. The predicted octanol–water partition coefficient (Wildman–Crippen LogP) is 4.38. The molecule has 0 saturated heterocycles. The molecule has 2 N–H and O–H groups in total. The van der Waals surface area contributed by atoms with Gasteiger partial charge in [0.15, 0.2) is 17.4 Å². The van der Waals surface area contributed by atoms with Crippen LogP contribution >= 0.6 is 11.3 Å². The van der Waals surface area contributed by atoms with Gasteiger partial charge in [-0.15, -0.1) is 11.3 Å². The minimum Gasteiger partial charge on any atom is -0.439 e. The van der Waals surface area contributed by atoms with Crippen LogP contribution in [0.25, 0.3) is 11.3 Å². The van der Waals surface area contributed by atoms with E-state index in [2.05, 4.69) is 25.6 Å². The highest BCUT2D eigenvalue weighted by molar-refractivity contribution is 7.09. The lowest BCUT2D eigenvalue weighted by Crippen LogP contribution is -2.36. The molecule has 2 aromatic heterocycles. The van der Waals surface area contributed by atoms with Gasteiger partial charge in [0.2, 0.25) is 5.89 Å². The molecule has 0 saturated carbocycles. The fraction of sp³-hybridized carbons (Fsp3) is 0.316. The van der Waals surface area contributed by atoms with Crippen LogP contribution in [0.3, 0.4) is 0 Å². The monoisotopic (exact) mass is 423 g/mol. The Morgan fingerprint density at radius 3 is 2.62 bits per heavy atom. The Morgan fingerprint density at radius 1 is 1.21 bits per heavy atom. The minimum absolute atomic E-state index is 0.132. The Morgan fingerprint density at radius 2 is 1.97 bits per heavy atom. The first-order valence-corrected chi connectivity index (χ1v) is 9.78. The van der Waals surface area contributed by atoms with Crippen LogP contribution in [0.4, 0.5) is 13.2 Å². The molecule has 3 rings (SSSR count). The molecule has 0 aliphatic rings. The van der Waals surface area contributed by atoms with Crippen molar-refractivity contribution < 1.29 is 17.6 Å². The van der Waals surface area contributed by atoms with Crippen LogP contribution in [0, 0.1) is 6.92 Å². The molecule has 0 bridgehead atoms. The maximum absolute atomic E-state index is 12.6. The van der Waals surface area contributed by atoms with Gasteiger partial charge in [0, 0.05) is 17.5 Å². The summed E-state index contributed by atoms with van der Waals surface area (Å²) in [6.07, 6.45) is -2.79. The average molecular weight is 423 g/mol. The Balaban J connectivity index is 1.62. The minimum atomic E-state index is -4.44. The van der Waals surface area contributed by atoms with Crippen molar-refractivity contribution in [3.63, 3.8) is 0 Å². The van der Waals surface area contributed by atoms with Crippen molar-refractivity contribution in [3.05, 3.63) is 58.0 Å². The zero-order valence-electron chi connectivity index (χ0n) is 15.9. The van der Waals surface area contributed by atoms with E-state index in [-0.39, 0.29) is 13.1 Å². The Kier molecular flexibility index (Phi) is 6.53. The van der Waals surface area contributed by atoms with E-state index < -0.39 is 11.9 Å². The summed E-state index contributed by atoms with van der Waals surface area (Å²) < 4.78 is 43.7. The number of aliphatic imine (C=N–C) groups is 1. The van der Waals surface area contributed by atoms with Gasteiger partial charge in [-0.3, -0.25) is 0 Å². The van der Waals surface area contributed by atoms with Gasteiger partial charge in [0.05, 0.1) is 12.7 Å². The van der Waals surface area contributed by atoms with E-state index in [1.165, 1.54) is 0 Å². The van der Waals surface area contributed by atoms with Crippen molar-refractivity contribution in [1.29, 1.82) is 0 Å². The molecule has 0 amide bonds. The number of aromatic nitrogens is 2. The number of oxazole rings is 1. The Bertz CT molecular complexity index is 963. The second-order valence-corrected chi connectivity index (χ2v) is 7.10. The summed E-state index contributed by atoms with van der Waals surface area (Å²) in [5.74, 6) is 1.52. The number of thiazole rings is 1. The van der Waals surface area contributed by atoms with Gasteiger partial charge >= 0.3 is 6.18 Å². The van der Waals surface area contributed by atoms with Crippen LogP contribution in [-0.4, -0.2) is 22.5 Å². The Labute approximate surface area is 169 Å². The second-order valence-electron chi connectivity index (χ2n) is 6.16. The summed E-state index contributed by atoms with van der Waals surface area (Å²) in [5, 5.41) is 7.32. The van der Waals surface area contributed by atoms with Crippen molar-refractivity contribution in [3.8, 4) is 11.3 Å². The number of aryl methyl sites for hydroxylation is 1. The molecular formula is C19H20F3N5OS. The number of benzene rings is 1. The number of alkyl halides is 3. The van der Waals surface area contributed by atoms with Crippen LogP contribution in [0.15, 0.2) is 45.3 Å². The van der Waals surface area contributed by atoms with Gasteiger partial charge in [0.1, 0.15) is 11.6 Å². The molecule has 0 radical (unpaired) electrons. The van der Waals surface area contributed by atoms with E-state index >= 15 is 0 Å². The summed E-state index contributed by atoms with van der Waals surface area (Å²) >= 11 is 0.946. The zero-order valence-corrected chi connectivity index (χ0v) is 16.7. The molecule has 3 aromatic rings. The second kappa shape index (κ2) is 9.08. The number of nitrogens with one attached hydrogen (secondary N) is 2. The van der Waals surface area contributed by atoms with Crippen molar-refractivity contribution in [1.82, 2.24) is 20.6 Å². The predicted molar refractivity (Wildman–Crippen MR) is 105 cm³/mol. The number of hydrogen-bond donors (Lipinski definition) is 2. The van der Waals surface area contributed by atoms with E-state index in [9.17, 15) is 13.2 Å². The van der Waals surface area contributed by atoms with Crippen molar-refractivity contribution >= 4 is 17.3 Å². The molecular weight excluding hydrogens is 403 g/mol. The van der Waals surface area contributed by atoms with Crippen LogP contribution in [0.2, 0.25) is 0 Å². The average Bonchev–Trinajstić information content (AvgIpc) is 3.34. The van der Waals surface area contributed by atoms with Gasteiger partial charge in [-0.05, 0) is 13.8 Å². The highest BCUT2D eigenvalue weighted by Gasteiger charge is 2.33. The topological polar surface area (TPSA) is 75.3 Å². The summed E-state index contributed by atoms with van der Waals surface area (Å²) in [7, 11) is 0. The summed E-state index contributed by atoms with van der Waals surface area (Å²) in [5.41, 5.74) is 1.19. The van der Waals surface area contributed by atoms with Gasteiger partial charge in [-0.25, -0.2) is 15.0 Å². The number of halogens is 3. The molecule has 154 valence electrons. The molecule has 0 aliphatic carbocycles. The van der Waals surface area contributed by atoms with E-state index in [4.69, 9.17) is 4.42 Å². The zero-order chi connectivity index (χ0) is 20.9. The highest BCUT2D eigenvalue weighted by atomic mass is 32.1. The van der Waals surface area contributed by atoms with E-state index in [1.807, 2.05) is 38.1 Å². The highest BCUT2D eigenvalue weighted by Crippen LogP contribution is 2.29. The van der Waals surface area contributed by atoms with Crippen LogP contribution in [0.1, 0.15) is 29.1 Å². The van der Waals surface area contributed by atoms with E-state index in [1.54, 1.807) is 6.20 Å². The smallest absolute Gasteiger partial charge is 0.434 e. The Hall–Kier alpha value is -2.88. The maximum atomic E-state index is 12.6. The third kappa shape index (κ3) is 5.80. The molecule has 0 unspecified atom stereocenters.